The number of alkyl halides is 1. The van der Waals surface area contributed by atoms with Crippen LogP contribution in [0.15, 0.2) is 43.0 Å². The number of methoxy groups -OCH3 is 1. The summed E-state index contributed by atoms with van der Waals surface area (Å²) in [5.41, 5.74) is 7.53. The Kier molecular flexibility index (Phi) is 4.07. The molecule has 1 aromatic carbocycles. The summed E-state index contributed by atoms with van der Waals surface area (Å²) >= 11 is 0. The third kappa shape index (κ3) is 2.57. The molecule has 5 heteroatoms. The van der Waals surface area contributed by atoms with E-state index in [4.69, 9.17) is 10.5 Å². The van der Waals surface area contributed by atoms with Gasteiger partial charge in [0.15, 0.2) is 0 Å². The van der Waals surface area contributed by atoms with Crippen molar-refractivity contribution in [3.63, 3.8) is 0 Å². The first-order chi connectivity index (χ1) is 8.76. The predicted molar refractivity (Wildman–Crippen MR) is 67.3 cm³/mol. The fourth-order valence-corrected chi connectivity index (χ4v) is 1.89. The Hall–Kier alpha value is -1.72. The molecule has 1 aromatic heterocycles. The summed E-state index contributed by atoms with van der Waals surface area (Å²) in [7, 11) is 1.53. The van der Waals surface area contributed by atoms with Gasteiger partial charge >= 0.3 is 0 Å². The van der Waals surface area contributed by atoms with Crippen LogP contribution >= 0.6 is 0 Å². The van der Waals surface area contributed by atoms with Gasteiger partial charge in [-0.25, -0.2) is 9.37 Å². The molecule has 0 bridgehead atoms. The molecule has 0 fully saturated rings. The fourth-order valence-electron chi connectivity index (χ4n) is 1.89. The maximum absolute atomic E-state index is 12.6. The molecule has 2 N–H and O–H groups in total. The maximum Gasteiger partial charge on any atom is 0.107 e. The summed E-state index contributed by atoms with van der Waals surface area (Å²) in [5, 5.41) is 0. The zero-order valence-electron chi connectivity index (χ0n) is 10.2. The summed E-state index contributed by atoms with van der Waals surface area (Å²) in [5.74, 6) is 0. The van der Waals surface area contributed by atoms with Crippen LogP contribution in [0.4, 0.5) is 4.39 Å². The number of ether oxygens (including phenoxy) is 1. The highest BCUT2D eigenvalue weighted by Crippen LogP contribution is 2.21. The van der Waals surface area contributed by atoms with Gasteiger partial charge in [-0.2, -0.15) is 0 Å². The molecule has 4 nitrogen and oxygen atoms in total. The highest BCUT2D eigenvalue weighted by Gasteiger charge is 2.19. The van der Waals surface area contributed by atoms with Crippen LogP contribution in [0.1, 0.15) is 11.7 Å². The van der Waals surface area contributed by atoms with Crippen LogP contribution in [0, 0.1) is 0 Å². The van der Waals surface area contributed by atoms with E-state index in [1.807, 2.05) is 35.0 Å². The van der Waals surface area contributed by atoms with Gasteiger partial charge in [-0.1, -0.05) is 12.1 Å². The topological polar surface area (TPSA) is 53.1 Å². The van der Waals surface area contributed by atoms with Crippen LogP contribution in [0.3, 0.4) is 0 Å². The van der Waals surface area contributed by atoms with Crippen molar-refractivity contribution in [3.8, 4) is 5.69 Å². The Morgan fingerprint density at radius 3 is 2.61 bits per heavy atom. The minimum Gasteiger partial charge on any atom is -0.375 e. The van der Waals surface area contributed by atoms with E-state index < -0.39 is 18.8 Å². The molecule has 0 spiro atoms. The number of hydrogen-bond donors (Lipinski definition) is 1. The first kappa shape index (κ1) is 12.7. The van der Waals surface area contributed by atoms with Crippen molar-refractivity contribution < 1.29 is 9.13 Å². The van der Waals surface area contributed by atoms with Crippen LogP contribution in [0.25, 0.3) is 5.69 Å². The summed E-state index contributed by atoms with van der Waals surface area (Å²) in [6, 6.07) is 6.98. The van der Waals surface area contributed by atoms with Crippen LogP contribution in [-0.4, -0.2) is 29.4 Å². The minimum absolute atomic E-state index is 0.424. The maximum atomic E-state index is 12.6. The normalized spacial score (nSPS) is 14.4. The number of aromatic nitrogens is 2. The smallest absolute Gasteiger partial charge is 0.107 e. The SMILES string of the molecule is CO[C@H](c1ccc(-n2ccnc2)cc1)[C@H](N)CF. The number of imidazole rings is 1. The number of hydrogen-bond acceptors (Lipinski definition) is 3. The lowest BCUT2D eigenvalue weighted by Gasteiger charge is -2.20. The molecular weight excluding hydrogens is 233 g/mol. The molecule has 1 heterocycles. The van der Waals surface area contributed by atoms with E-state index >= 15 is 0 Å². The number of halogens is 1. The molecule has 0 unspecified atom stereocenters. The van der Waals surface area contributed by atoms with Crippen LogP contribution in [0.2, 0.25) is 0 Å². The lowest BCUT2D eigenvalue weighted by atomic mass is 10.0. The number of nitrogens with zero attached hydrogens (tertiary/aromatic N) is 2. The first-order valence-corrected chi connectivity index (χ1v) is 5.69. The largest absolute Gasteiger partial charge is 0.375 e. The Morgan fingerprint density at radius 2 is 2.11 bits per heavy atom. The van der Waals surface area contributed by atoms with Gasteiger partial charge in [0, 0.05) is 25.2 Å². The summed E-state index contributed by atoms with van der Waals surface area (Å²) in [6.07, 6.45) is 4.86. The molecule has 2 aromatic rings. The summed E-state index contributed by atoms with van der Waals surface area (Å²) < 4.78 is 19.7. The van der Waals surface area contributed by atoms with Gasteiger partial charge in [0.05, 0.1) is 18.5 Å². The highest BCUT2D eigenvalue weighted by atomic mass is 19.1. The van der Waals surface area contributed by atoms with Crippen molar-refractivity contribution in [2.45, 2.75) is 12.1 Å². The molecule has 0 radical (unpaired) electrons. The van der Waals surface area contributed by atoms with E-state index in [2.05, 4.69) is 4.98 Å². The van der Waals surface area contributed by atoms with Crippen molar-refractivity contribution in [2.24, 2.45) is 5.73 Å². The van der Waals surface area contributed by atoms with Crippen LogP contribution < -0.4 is 5.73 Å². The van der Waals surface area contributed by atoms with E-state index in [1.165, 1.54) is 7.11 Å². The van der Waals surface area contributed by atoms with Crippen LogP contribution in [-0.2, 0) is 4.74 Å². The van der Waals surface area contributed by atoms with Gasteiger partial charge in [0.2, 0.25) is 0 Å². The highest BCUT2D eigenvalue weighted by molar-refractivity contribution is 5.35. The molecule has 96 valence electrons. The van der Waals surface area contributed by atoms with Gasteiger partial charge in [0.25, 0.3) is 0 Å². The average molecular weight is 249 g/mol. The second kappa shape index (κ2) is 5.75. The van der Waals surface area contributed by atoms with E-state index in [1.54, 1.807) is 12.5 Å². The number of rotatable bonds is 5. The van der Waals surface area contributed by atoms with E-state index in [0.29, 0.717) is 0 Å². The third-order valence-electron chi connectivity index (χ3n) is 2.85. The molecule has 0 saturated heterocycles. The van der Waals surface area contributed by atoms with Crippen molar-refractivity contribution in [1.82, 2.24) is 9.55 Å². The molecular formula is C13H16FN3O. The van der Waals surface area contributed by atoms with E-state index in [-0.39, 0.29) is 0 Å². The van der Waals surface area contributed by atoms with Gasteiger partial charge < -0.3 is 15.0 Å². The minimum atomic E-state index is -0.644. The lowest BCUT2D eigenvalue weighted by Crippen LogP contribution is -2.31. The molecule has 0 saturated carbocycles. The number of nitrogens with two attached hydrogens (primary N) is 1. The molecule has 18 heavy (non-hydrogen) atoms. The van der Waals surface area contributed by atoms with E-state index in [0.717, 1.165) is 11.3 Å². The molecule has 0 aliphatic carbocycles. The van der Waals surface area contributed by atoms with Crippen LogP contribution in [0.5, 0.6) is 0 Å². The lowest BCUT2D eigenvalue weighted by molar-refractivity contribution is 0.0721. The molecule has 2 atom stereocenters. The van der Waals surface area contributed by atoms with Crippen molar-refractivity contribution >= 4 is 0 Å². The zero-order valence-corrected chi connectivity index (χ0v) is 10.2. The predicted octanol–water partition coefficient (Wildman–Crippen LogP) is 1.86. The quantitative estimate of drug-likeness (QED) is 0.880. The third-order valence-corrected chi connectivity index (χ3v) is 2.85. The molecule has 2 rings (SSSR count). The Labute approximate surface area is 105 Å². The van der Waals surface area contributed by atoms with Crippen molar-refractivity contribution in [2.75, 3.05) is 13.8 Å². The standard InChI is InChI=1S/C13H16FN3O/c1-18-13(12(15)8-14)10-2-4-11(5-3-10)17-7-6-16-9-17/h2-7,9,12-13H,8,15H2,1H3/t12-,13-/m1/s1. The van der Waals surface area contributed by atoms with E-state index in [9.17, 15) is 4.39 Å². The monoisotopic (exact) mass is 249 g/mol. The Bertz CT molecular complexity index is 469. The summed E-state index contributed by atoms with van der Waals surface area (Å²) in [4.78, 5) is 3.98. The fraction of sp³-hybridized carbons (Fsp3) is 0.308. The zero-order chi connectivity index (χ0) is 13.0. The molecule has 0 aliphatic rings. The van der Waals surface area contributed by atoms with Gasteiger partial charge in [-0.15, -0.1) is 0 Å². The van der Waals surface area contributed by atoms with Gasteiger partial charge in [-0.3, -0.25) is 0 Å². The summed E-state index contributed by atoms with van der Waals surface area (Å²) in [6.45, 7) is -0.609. The Morgan fingerprint density at radius 1 is 1.39 bits per heavy atom. The average Bonchev–Trinajstić information content (AvgIpc) is 2.94. The Balaban J connectivity index is 2.21. The second-order valence-corrected chi connectivity index (χ2v) is 4.04. The van der Waals surface area contributed by atoms with Crippen molar-refractivity contribution in [1.29, 1.82) is 0 Å². The molecule has 0 amide bonds. The molecule has 0 aliphatic heterocycles. The van der Waals surface area contributed by atoms with Crippen molar-refractivity contribution in [3.05, 3.63) is 48.5 Å². The van der Waals surface area contributed by atoms with Gasteiger partial charge in [0.1, 0.15) is 6.67 Å². The number of benzene rings is 1. The van der Waals surface area contributed by atoms with Gasteiger partial charge in [-0.05, 0) is 17.7 Å². The second-order valence-electron chi connectivity index (χ2n) is 4.04. The first-order valence-electron chi connectivity index (χ1n) is 5.69.